The maximum absolute atomic E-state index is 11.6. The lowest BCUT2D eigenvalue weighted by molar-refractivity contribution is -0.139. The number of benzene rings is 1. The summed E-state index contributed by atoms with van der Waals surface area (Å²) in [5.74, 6) is -0.582. The number of halogens is 2. The van der Waals surface area contributed by atoms with Crippen molar-refractivity contribution in [2.45, 2.75) is 11.9 Å². The highest BCUT2D eigenvalue weighted by Crippen LogP contribution is 2.32. The van der Waals surface area contributed by atoms with E-state index < -0.39 is 4.95 Å². The zero-order chi connectivity index (χ0) is 12.6. The van der Waals surface area contributed by atoms with Gasteiger partial charge in [0.05, 0.1) is 0 Å². The number of hydrogen-bond acceptors (Lipinski definition) is 2. The van der Waals surface area contributed by atoms with E-state index in [0.29, 0.717) is 5.02 Å². The molecule has 1 aliphatic heterocycles. The van der Waals surface area contributed by atoms with Gasteiger partial charge in [-0.25, -0.2) is 0 Å². The SMILES string of the molecule is CC(=O)N1C(=O)C=C(c2ccc(Cl)cc2)C1Br. The lowest BCUT2D eigenvalue weighted by atomic mass is 10.1. The third-order valence-corrected chi connectivity index (χ3v) is 3.67. The Morgan fingerprint density at radius 1 is 1.35 bits per heavy atom. The number of carbonyl (C=O) groups is 2. The number of rotatable bonds is 1. The quantitative estimate of drug-likeness (QED) is 0.590. The predicted octanol–water partition coefficient (Wildman–Crippen LogP) is 2.83. The molecule has 88 valence electrons. The molecule has 1 aromatic carbocycles. The second kappa shape index (κ2) is 4.63. The molecule has 17 heavy (non-hydrogen) atoms. The average molecular weight is 315 g/mol. The minimum atomic E-state index is -0.409. The van der Waals surface area contributed by atoms with Crippen molar-refractivity contribution in [3.8, 4) is 0 Å². The molecule has 0 saturated heterocycles. The molecule has 1 aliphatic rings. The highest BCUT2D eigenvalue weighted by atomic mass is 79.9. The van der Waals surface area contributed by atoms with Gasteiger partial charge in [0.1, 0.15) is 4.95 Å². The van der Waals surface area contributed by atoms with Crippen LogP contribution in [-0.4, -0.2) is 21.7 Å². The van der Waals surface area contributed by atoms with Gasteiger partial charge in [-0.05, 0) is 23.3 Å². The zero-order valence-electron chi connectivity index (χ0n) is 8.98. The lowest BCUT2D eigenvalue weighted by Crippen LogP contribution is -2.35. The maximum atomic E-state index is 11.6. The number of imide groups is 1. The van der Waals surface area contributed by atoms with E-state index in [0.717, 1.165) is 11.1 Å². The van der Waals surface area contributed by atoms with Crippen molar-refractivity contribution in [2.75, 3.05) is 0 Å². The summed E-state index contributed by atoms with van der Waals surface area (Å²) in [6, 6.07) is 7.13. The Bertz CT molecular complexity index is 510. The molecule has 0 saturated carbocycles. The van der Waals surface area contributed by atoms with Gasteiger partial charge in [0, 0.05) is 18.0 Å². The fourth-order valence-electron chi connectivity index (χ4n) is 1.70. The number of alkyl halides is 1. The molecular formula is C12H9BrClNO2. The van der Waals surface area contributed by atoms with E-state index in [1.165, 1.54) is 17.9 Å². The molecule has 3 nitrogen and oxygen atoms in total. The van der Waals surface area contributed by atoms with Crippen LogP contribution in [0.2, 0.25) is 5.02 Å². The van der Waals surface area contributed by atoms with Crippen LogP contribution in [0, 0.1) is 0 Å². The van der Waals surface area contributed by atoms with Gasteiger partial charge in [-0.2, -0.15) is 0 Å². The summed E-state index contributed by atoms with van der Waals surface area (Å²) in [6.07, 6.45) is 1.46. The first-order valence-electron chi connectivity index (χ1n) is 4.96. The van der Waals surface area contributed by atoms with Crippen molar-refractivity contribution < 1.29 is 9.59 Å². The Hall–Kier alpha value is -1.13. The summed E-state index contributed by atoms with van der Waals surface area (Å²) < 4.78 is 0. The van der Waals surface area contributed by atoms with Crippen molar-refractivity contribution >= 4 is 44.9 Å². The van der Waals surface area contributed by atoms with Crippen molar-refractivity contribution in [1.29, 1.82) is 0 Å². The molecule has 2 amide bonds. The number of carbonyl (C=O) groups excluding carboxylic acids is 2. The van der Waals surface area contributed by atoms with Crippen LogP contribution in [0.4, 0.5) is 0 Å². The third-order valence-electron chi connectivity index (χ3n) is 2.52. The molecule has 0 radical (unpaired) electrons. The largest absolute Gasteiger partial charge is 0.275 e. The first-order valence-corrected chi connectivity index (χ1v) is 6.25. The molecule has 1 unspecified atom stereocenters. The van der Waals surface area contributed by atoms with Crippen LogP contribution in [0.5, 0.6) is 0 Å². The number of amides is 2. The maximum Gasteiger partial charge on any atom is 0.254 e. The van der Waals surface area contributed by atoms with Crippen LogP contribution in [0.15, 0.2) is 30.3 Å². The second-order valence-electron chi connectivity index (χ2n) is 3.67. The Morgan fingerprint density at radius 2 is 1.94 bits per heavy atom. The summed E-state index contributed by atoms with van der Waals surface area (Å²) in [7, 11) is 0. The summed E-state index contributed by atoms with van der Waals surface area (Å²) in [5, 5.41) is 0.633. The van der Waals surface area contributed by atoms with Crippen molar-refractivity contribution in [3.05, 3.63) is 40.9 Å². The fraction of sp³-hybridized carbons (Fsp3) is 0.167. The Morgan fingerprint density at radius 3 is 2.41 bits per heavy atom. The van der Waals surface area contributed by atoms with E-state index in [-0.39, 0.29) is 11.8 Å². The molecular weight excluding hydrogens is 305 g/mol. The molecule has 0 aromatic heterocycles. The van der Waals surface area contributed by atoms with Crippen LogP contribution < -0.4 is 0 Å². The van der Waals surface area contributed by atoms with Crippen LogP contribution in [0.25, 0.3) is 5.57 Å². The first-order chi connectivity index (χ1) is 8.00. The molecule has 1 aromatic rings. The smallest absolute Gasteiger partial charge is 0.254 e. The number of nitrogens with zero attached hydrogens (tertiary/aromatic N) is 1. The van der Waals surface area contributed by atoms with Gasteiger partial charge >= 0.3 is 0 Å². The van der Waals surface area contributed by atoms with Crippen molar-refractivity contribution in [3.63, 3.8) is 0 Å². The van der Waals surface area contributed by atoms with Gasteiger partial charge in [0.15, 0.2) is 0 Å². The van der Waals surface area contributed by atoms with Crippen LogP contribution in [0.3, 0.4) is 0 Å². The van der Waals surface area contributed by atoms with E-state index >= 15 is 0 Å². The van der Waals surface area contributed by atoms with Crippen LogP contribution >= 0.6 is 27.5 Å². The molecule has 0 spiro atoms. The van der Waals surface area contributed by atoms with Crippen molar-refractivity contribution in [2.24, 2.45) is 0 Å². The predicted molar refractivity (Wildman–Crippen MR) is 69.7 cm³/mol. The van der Waals surface area contributed by atoms with E-state index in [1.807, 2.05) is 12.1 Å². The second-order valence-corrected chi connectivity index (χ2v) is 4.97. The molecule has 0 fully saturated rings. The lowest BCUT2D eigenvalue weighted by Gasteiger charge is -2.18. The average Bonchev–Trinajstić information content (AvgIpc) is 2.55. The van der Waals surface area contributed by atoms with Gasteiger partial charge < -0.3 is 0 Å². The Balaban J connectivity index is 2.35. The molecule has 0 N–H and O–H groups in total. The highest BCUT2D eigenvalue weighted by molar-refractivity contribution is 9.09. The summed E-state index contributed by atoms with van der Waals surface area (Å²) in [6.45, 7) is 1.37. The summed E-state index contributed by atoms with van der Waals surface area (Å²) in [4.78, 5) is 23.7. The van der Waals surface area contributed by atoms with Crippen LogP contribution in [-0.2, 0) is 9.59 Å². The van der Waals surface area contributed by atoms with Gasteiger partial charge in [0.2, 0.25) is 5.91 Å². The third kappa shape index (κ3) is 2.28. The van der Waals surface area contributed by atoms with Gasteiger partial charge in [0.25, 0.3) is 5.91 Å². The minimum Gasteiger partial charge on any atom is -0.275 e. The van der Waals surface area contributed by atoms with Gasteiger partial charge in [-0.15, -0.1) is 0 Å². The van der Waals surface area contributed by atoms with E-state index in [2.05, 4.69) is 15.9 Å². The summed E-state index contributed by atoms with van der Waals surface area (Å²) >= 11 is 9.15. The highest BCUT2D eigenvalue weighted by Gasteiger charge is 2.34. The monoisotopic (exact) mass is 313 g/mol. The fourth-order valence-corrected chi connectivity index (χ4v) is 2.71. The molecule has 1 atom stereocenters. The van der Waals surface area contributed by atoms with Gasteiger partial charge in [-0.1, -0.05) is 39.7 Å². The van der Waals surface area contributed by atoms with E-state index in [4.69, 9.17) is 11.6 Å². The minimum absolute atomic E-state index is 0.280. The van der Waals surface area contributed by atoms with Crippen molar-refractivity contribution in [1.82, 2.24) is 4.90 Å². The van der Waals surface area contributed by atoms with E-state index in [9.17, 15) is 9.59 Å². The molecule has 1 heterocycles. The molecule has 0 bridgehead atoms. The summed E-state index contributed by atoms with van der Waals surface area (Å²) in [5.41, 5.74) is 1.63. The molecule has 2 rings (SSSR count). The first kappa shape index (κ1) is 12.3. The normalized spacial score (nSPS) is 19.5. The molecule has 5 heteroatoms. The van der Waals surface area contributed by atoms with Crippen LogP contribution in [0.1, 0.15) is 12.5 Å². The molecule has 0 aliphatic carbocycles. The standard InChI is InChI=1S/C12H9BrClNO2/c1-7(16)15-11(17)6-10(12(15)13)8-2-4-9(14)5-3-8/h2-6,12H,1H3. The Labute approximate surface area is 112 Å². The van der Waals surface area contributed by atoms with Gasteiger partial charge in [-0.3, -0.25) is 14.5 Å². The van der Waals surface area contributed by atoms with E-state index in [1.54, 1.807) is 12.1 Å². The zero-order valence-corrected chi connectivity index (χ0v) is 11.3. The Kier molecular flexibility index (Phi) is 3.35. The topological polar surface area (TPSA) is 37.4 Å². The number of hydrogen-bond donors (Lipinski definition) is 0.